The van der Waals surface area contributed by atoms with Crippen LogP contribution in [0.3, 0.4) is 0 Å². The molecule has 0 N–H and O–H groups in total. The van der Waals surface area contributed by atoms with Crippen LogP contribution >= 0.6 is 0 Å². The van der Waals surface area contributed by atoms with Gasteiger partial charge in [-0.15, -0.1) is 0 Å². The summed E-state index contributed by atoms with van der Waals surface area (Å²) in [5.74, 6) is 0.608. The molecule has 0 bridgehead atoms. The summed E-state index contributed by atoms with van der Waals surface area (Å²) >= 11 is 0. The Morgan fingerprint density at radius 3 is 1.94 bits per heavy atom. The highest BCUT2D eigenvalue weighted by Gasteiger charge is 2.40. The van der Waals surface area contributed by atoms with E-state index < -0.39 is 0 Å². The van der Waals surface area contributed by atoms with Gasteiger partial charge in [0, 0.05) is 28.0 Å². The average Bonchev–Trinajstić information content (AvgIpc) is 3.83. The first kappa shape index (κ1) is 39.9. The van der Waals surface area contributed by atoms with E-state index in [2.05, 4.69) is 213 Å². The largest absolute Gasteiger partial charge is 0.436 e. The number of nitrogens with zero attached hydrogens (tertiary/aromatic N) is 2. The molecule has 314 valence electrons. The zero-order chi connectivity index (χ0) is 44.2. The molecule has 0 unspecified atom stereocenters. The van der Waals surface area contributed by atoms with E-state index in [9.17, 15) is 0 Å². The number of aromatic nitrogens is 1. The van der Waals surface area contributed by atoms with Crippen LogP contribution in [0.15, 0.2) is 223 Å². The molecule has 0 radical (unpaired) electrons. The maximum Gasteiger partial charge on any atom is 0.227 e. The first-order chi connectivity index (χ1) is 32.5. The van der Waals surface area contributed by atoms with E-state index in [-0.39, 0.29) is 12.1 Å². The lowest BCUT2D eigenvalue weighted by Gasteiger charge is -2.30. The zero-order valence-corrected chi connectivity index (χ0v) is 37.4. The van der Waals surface area contributed by atoms with Gasteiger partial charge in [-0.3, -0.25) is 0 Å². The second-order valence-corrected chi connectivity index (χ2v) is 18.6. The Bertz CT molecular complexity index is 3350. The zero-order valence-electron chi connectivity index (χ0n) is 37.4. The fourth-order valence-corrected chi connectivity index (χ4v) is 11.1. The van der Waals surface area contributed by atoms with Crippen LogP contribution in [0, 0.1) is 0 Å². The Labute approximate surface area is 388 Å². The number of benzene rings is 9. The minimum absolute atomic E-state index is 0.212. The Morgan fingerprint density at radius 1 is 0.500 bits per heavy atom. The van der Waals surface area contributed by atoms with Gasteiger partial charge in [-0.2, -0.15) is 0 Å². The predicted molar refractivity (Wildman–Crippen MR) is 279 cm³/mol. The molecule has 0 saturated carbocycles. The van der Waals surface area contributed by atoms with Gasteiger partial charge in [-0.05, 0) is 106 Å². The third-order valence-electron chi connectivity index (χ3n) is 14.4. The fourth-order valence-electron chi connectivity index (χ4n) is 11.1. The molecule has 1 aliphatic carbocycles. The van der Waals surface area contributed by atoms with Crippen LogP contribution in [-0.4, -0.2) is 18.4 Å². The van der Waals surface area contributed by atoms with Crippen LogP contribution in [0.5, 0.6) is 0 Å². The predicted octanol–water partition coefficient (Wildman–Crippen LogP) is 13.7. The summed E-state index contributed by atoms with van der Waals surface area (Å²) in [5, 5.41) is 0. The molecule has 0 atom stereocenters. The highest BCUT2D eigenvalue weighted by molar-refractivity contribution is 6.97. The van der Waals surface area contributed by atoms with E-state index in [1.54, 1.807) is 0 Å². The Balaban J connectivity index is 1.10. The highest BCUT2D eigenvalue weighted by atomic mass is 16.3. The van der Waals surface area contributed by atoms with Crippen molar-refractivity contribution < 1.29 is 4.42 Å². The Kier molecular flexibility index (Phi) is 9.94. The first-order valence-corrected chi connectivity index (χ1v) is 23.4. The Morgan fingerprint density at radius 2 is 1.15 bits per heavy atom. The van der Waals surface area contributed by atoms with Crippen LogP contribution in [0.1, 0.15) is 30.5 Å². The lowest BCUT2D eigenvalue weighted by molar-refractivity contribution is 0.620. The van der Waals surface area contributed by atoms with Crippen LogP contribution in [-0.2, 0) is 11.8 Å². The molecular weight excluding hydrogens is 798 g/mol. The van der Waals surface area contributed by atoms with Gasteiger partial charge in [0.05, 0.1) is 0 Å². The number of oxazole rings is 1. The summed E-state index contributed by atoms with van der Waals surface area (Å²) in [7, 11) is 0. The minimum atomic E-state index is -0.247. The lowest BCUT2D eigenvalue weighted by atomic mass is 9.23. The number of hydrogen-bond donors (Lipinski definition) is 0. The van der Waals surface area contributed by atoms with Gasteiger partial charge >= 0.3 is 0 Å². The van der Waals surface area contributed by atoms with Gasteiger partial charge in [-0.25, -0.2) is 4.98 Å². The van der Waals surface area contributed by atoms with Gasteiger partial charge in [0.1, 0.15) is 5.52 Å². The van der Waals surface area contributed by atoms with Gasteiger partial charge < -0.3 is 9.32 Å². The van der Waals surface area contributed by atoms with Gasteiger partial charge in [0.15, 0.2) is 12.3 Å². The van der Waals surface area contributed by atoms with E-state index >= 15 is 0 Å². The maximum atomic E-state index is 6.38. The van der Waals surface area contributed by atoms with E-state index in [1.807, 2.05) is 24.3 Å². The normalized spacial score (nSPS) is 13.8. The molecule has 0 fully saturated rings. The van der Waals surface area contributed by atoms with Crippen molar-refractivity contribution in [3.8, 4) is 44.8 Å². The molecule has 66 heavy (non-hydrogen) atoms. The fraction of sp³-hybridized carbons (Fsp3) is 0.0984. The van der Waals surface area contributed by atoms with Crippen molar-refractivity contribution in [1.82, 2.24) is 4.98 Å². The molecule has 0 amide bonds. The summed E-state index contributed by atoms with van der Waals surface area (Å²) in [4.78, 5) is 7.37. The number of para-hydroxylation sites is 2. The summed E-state index contributed by atoms with van der Waals surface area (Å²) < 4.78 is 6.38. The smallest absolute Gasteiger partial charge is 0.227 e. The van der Waals surface area contributed by atoms with E-state index in [0.29, 0.717) is 12.6 Å². The molecule has 5 heteroatoms. The van der Waals surface area contributed by atoms with Crippen LogP contribution in [0.4, 0.5) is 17.1 Å². The van der Waals surface area contributed by atoms with Crippen LogP contribution in [0.25, 0.3) is 55.9 Å². The van der Waals surface area contributed by atoms with Gasteiger partial charge in [0.2, 0.25) is 12.6 Å². The van der Waals surface area contributed by atoms with Crippen molar-refractivity contribution in [2.24, 2.45) is 0 Å². The molecular formula is C61H48B2N2O. The quantitative estimate of drug-likeness (QED) is 0.143. The molecule has 2 heterocycles. The second-order valence-electron chi connectivity index (χ2n) is 18.6. The van der Waals surface area contributed by atoms with E-state index in [4.69, 9.17) is 9.40 Å². The van der Waals surface area contributed by atoms with Crippen LogP contribution in [0.2, 0.25) is 12.5 Å². The topological polar surface area (TPSA) is 29.3 Å². The number of anilines is 3. The summed E-state index contributed by atoms with van der Waals surface area (Å²) in [6, 6.07) is 80.0. The second kappa shape index (κ2) is 16.4. The minimum Gasteiger partial charge on any atom is -0.436 e. The molecule has 0 saturated heterocycles. The molecule has 12 rings (SSSR count). The molecule has 1 aliphatic heterocycles. The molecule has 3 nitrogen and oxygen atoms in total. The first-order valence-electron chi connectivity index (χ1n) is 23.4. The van der Waals surface area contributed by atoms with Crippen molar-refractivity contribution in [2.45, 2.75) is 38.2 Å². The molecule has 10 aromatic rings. The summed E-state index contributed by atoms with van der Waals surface area (Å²) in [6.07, 6.45) is 3.18. The Hall–Kier alpha value is -7.62. The van der Waals surface area contributed by atoms with Crippen molar-refractivity contribution in [3.63, 3.8) is 0 Å². The van der Waals surface area contributed by atoms with Crippen molar-refractivity contribution in [1.29, 1.82) is 0 Å². The third-order valence-corrected chi connectivity index (χ3v) is 14.4. The van der Waals surface area contributed by atoms with Crippen molar-refractivity contribution >= 4 is 58.0 Å². The lowest BCUT2D eigenvalue weighted by Crippen LogP contribution is -2.48. The maximum absolute atomic E-state index is 6.38. The third kappa shape index (κ3) is 6.98. The SMILES string of the molecule is CC1(C)c2ccccc2-c2c(-c3cccc4c3B(c3ccccc3)CB(c3ccccc3)CC4)cc(N(c3ccc(-c4ccccc4)cc3)c3cccc(-c4nc5ccccc5o4)c3)cc21. The summed E-state index contributed by atoms with van der Waals surface area (Å²) in [6.45, 7) is 5.46. The monoisotopic (exact) mass is 846 g/mol. The standard InChI is InChI=1S/C61H48B2N2O/c1-61(2)54-29-13-12-27-52(54)58-53(51-28-17-20-44-36-37-62(46-22-8-4-9-23-46)41-63(59(44)51)47-24-10-5-11-25-47)39-50(40-55(58)61)65(48-34-32-43(33-35-48)42-18-6-3-7-19-42)49-26-16-21-45(38-49)60-64-56-30-14-15-31-57(56)66-60/h3-35,38-40H,36-37,41H2,1-2H3. The number of hydrogen-bond acceptors (Lipinski definition) is 3. The van der Waals surface area contributed by atoms with Crippen molar-refractivity contribution in [3.05, 3.63) is 235 Å². The van der Waals surface area contributed by atoms with Gasteiger partial charge in [0.25, 0.3) is 0 Å². The molecule has 9 aromatic carbocycles. The number of fused-ring (bicyclic) bond motifs is 5. The van der Waals surface area contributed by atoms with E-state index in [0.717, 1.165) is 52.7 Å². The number of rotatable bonds is 8. The molecule has 1 aromatic heterocycles. The summed E-state index contributed by atoms with van der Waals surface area (Å²) in [5.41, 5.74) is 21.6. The number of aryl methyl sites for hydroxylation is 1. The molecule has 2 aliphatic rings. The average molecular weight is 847 g/mol. The highest BCUT2D eigenvalue weighted by Crippen LogP contribution is 2.54. The van der Waals surface area contributed by atoms with Gasteiger partial charge in [-0.1, -0.05) is 212 Å². The molecule has 0 spiro atoms. The van der Waals surface area contributed by atoms with Crippen LogP contribution < -0.4 is 21.3 Å². The van der Waals surface area contributed by atoms with Crippen molar-refractivity contribution in [2.75, 3.05) is 4.90 Å². The van der Waals surface area contributed by atoms with E-state index in [1.165, 1.54) is 66.5 Å².